The van der Waals surface area contributed by atoms with Gasteiger partial charge in [0.2, 0.25) is 0 Å². The molecule has 0 N–H and O–H groups in total. The Bertz CT molecular complexity index is 740. The van der Waals surface area contributed by atoms with E-state index in [4.69, 9.17) is 23.7 Å². The van der Waals surface area contributed by atoms with Gasteiger partial charge in [-0.1, -0.05) is 47.5 Å². The molecule has 0 fully saturated rings. The maximum Gasteiger partial charge on any atom is 0.423 e. The van der Waals surface area contributed by atoms with Crippen LogP contribution in [0.4, 0.5) is 0 Å². The molecule has 0 aliphatic heterocycles. The van der Waals surface area contributed by atoms with E-state index >= 15 is 0 Å². The Morgan fingerprint density at radius 1 is 0.595 bits per heavy atom. The second-order valence-corrected chi connectivity index (χ2v) is 8.43. The normalized spacial score (nSPS) is 11.7. The molecular formula is C26H42O11. The smallest absolute Gasteiger partial charge is 0.423 e. The first-order valence-corrected chi connectivity index (χ1v) is 13.2. The third-order valence-electron chi connectivity index (χ3n) is 4.98. The summed E-state index contributed by atoms with van der Waals surface area (Å²) in [6.45, 7) is 8.50. The van der Waals surface area contributed by atoms with Crippen molar-refractivity contribution in [3.8, 4) is 0 Å². The van der Waals surface area contributed by atoms with Crippen molar-refractivity contribution in [1.82, 2.24) is 0 Å². The predicted molar refractivity (Wildman–Crippen MR) is 130 cm³/mol. The molecule has 0 amide bonds. The molecule has 0 radical (unpaired) electrons. The van der Waals surface area contributed by atoms with Gasteiger partial charge in [-0.25, -0.2) is 4.79 Å². The number of hydrogen-bond donors (Lipinski definition) is 0. The first-order valence-electron chi connectivity index (χ1n) is 13.2. The predicted octanol–water partition coefficient (Wildman–Crippen LogP) is 4.42. The van der Waals surface area contributed by atoms with Crippen molar-refractivity contribution in [3.63, 3.8) is 0 Å². The monoisotopic (exact) mass is 530 g/mol. The fraction of sp³-hybridized carbons (Fsp3) is 0.769. The molecule has 0 aromatic carbocycles. The van der Waals surface area contributed by atoms with Crippen molar-refractivity contribution in [2.24, 2.45) is 0 Å². The highest BCUT2D eigenvalue weighted by Gasteiger charge is 2.43. The van der Waals surface area contributed by atoms with Crippen molar-refractivity contribution >= 4 is 35.8 Å². The summed E-state index contributed by atoms with van der Waals surface area (Å²) in [6, 6.07) is 0. The fourth-order valence-electron chi connectivity index (χ4n) is 3.04. The van der Waals surface area contributed by atoms with Gasteiger partial charge in [-0.2, -0.15) is 0 Å². The SMILES string of the molecule is CCCCCC(=O)OC(=O)C(CCCC(OC(=O)CC)(OC(=O)CCC)OC(=O)CCC)OC(=O)CC. The molecule has 0 rings (SSSR count). The minimum Gasteiger partial charge on any atom is -0.450 e. The van der Waals surface area contributed by atoms with Crippen molar-refractivity contribution in [3.05, 3.63) is 0 Å². The summed E-state index contributed by atoms with van der Waals surface area (Å²) in [5, 5.41) is 0. The van der Waals surface area contributed by atoms with E-state index in [1.807, 2.05) is 6.92 Å². The molecule has 0 heterocycles. The van der Waals surface area contributed by atoms with Crippen LogP contribution >= 0.6 is 0 Å². The molecule has 0 aromatic rings. The summed E-state index contributed by atoms with van der Waals surface area (Å²) in [6.07, 6.45) is 1.03. The molecule has 11 heteroatoms. The third-order valence-corrected chi connectivity index (χ3v) is 4.98. The van der Waals surface area contributed by atoms with Gasteiger partial charge >= 0.3 is 41.8 Å². The summed E-state index contributed by atoms with van der Waals surface area (Å²) in [5.74, 6) is -7.07. The maximum absolute atomic E-state index is 12.6. The Morgan fingerprint density at radius 3 is 1.62 bits per heavy atom. The van der Waals surface area contributed by atoms with E-state index < -0.39 is 47.9 Å². The number of carbonyl (C=O) groups is 6. The molecule has 0 aliphatic carbocycles. The molecule has 0 saturated heterocycles. The molecule has 0 spiro atoms. The highest BCUT2D eigenvalue weighted by Crippen LogP contribution is 2.27. The Labute approximate surface area is 218 Å². The molecule has 0 aromatic heterocycles. The quantitative estimate of drug-likeness (QED) is 0.0767. The Morgan fingerprint density at radius 2 is 1.14 bits per heavy atom. The molecular weight excluding hydrogens is 488 g/mol. The molecule has 0 saturated carbocycles. The average molecular weight is 531 g/mol. The zero-order valence-electron chi connectivity index (χ0n) is 22.8. The van der Waals surface area contributed by atoms with E-state index in [-0.39, 0.29) is 51.4 Å². The Balaban J connectivity index is 5.69. The molecule has 37 heavy (non-hydrogen) atoms. The number of unbranched alkanes of at least 4 members (excludes halogenated alkanes) is 2. The first-order chi connectivity index (χ1) is 17.6. The second kappa shape index (κ2) is 19.2. The van der Waals surface area contributed by atoms with E-state index in [1.165, 1.54) is 13.8 Å². The number of ether oxygens (including phenoxy) is 5. The van der Waals surface area contributed by atoms with E-state index in [1.54, 1.807) is 13.8 Å². The van der Waals surface area contributed by atoms with Crippen molar-refractivity contribution in [1.29, 1.82) is 0 Å². The second-order valence-electron chi connectivity index (χ2n) is 8.43. The lowest BCUT2D eigenvalue weighted by Crippen LogP contribution is -2.45. The van der Waals surface area contributed by atoms with Gasteiger partial charge in [0.15, 0.2) is 6.10 Å². The lowest BCUT2D eigenvalue weighted by Gasteiger charge is -2.31. The number of hydrogen-bond acceptors (Lipinski definition) is 11. The van der Waals surface area contributed by atoms with Crippen molar-refractivity contribution in [2.75, 3.05) is 0 Å². The number of carbonyl (C=O) groups excluding carboxylic acids is 6. The molecule has 0 aliphatic rings. The van der Waals surface area contributed by atoms with Crippen LogP contribution in [0.1, 0.15) is 118 Å². The average Bonchev–Trinajstić information content (AvgIpc) is 2.83. The highest BCUT2D eigenvalue weighted by molar-refractivity contribution is 5.89. The van der Waals surface area contributed by atoms with Crippen LogP contribution in [0, 0.1) is 0 Å². The van der Waals surface area contributed by atoms with Gasteiger partial charge in [-0.05, 0) is 32.1 Å². The highest BCUT2D eigenvalue weighted by atomic mass is 16.9. The zero-order valence-corrected chi connectivity index (χ0v) is 22.8. The molecule has 1 atom stereocenters. The number of rotatable bonds is 19. The molecule has 1 unspecified atom stereocenters. The first kappa shape index (κ1) is 34.0. The van der Waals surface area contributed by atoms with E-state index in [2.05, 4.69) is 0 Å². The van der Waals surface area contributed by atoms with Crippen LogP contribution in [-0.2, 0) is 52.5 Å². The zero-order chi connectivity index (χ0) is 28.3. The van der Waals surface area contributed by atoms with Crippen LogP contribution in [-0.4, -0.2) is 47.9 Å². The topological polar surface area (TPSA) is 149 Å². The van der Waals surface area contributed by atoms with Crippen molar-refractivity contribution < 1.29 is 52.5 Å². The van der Waals surface area contributed by atoms with Crippen LogP contribution in [0.15, 0.2) is 0 Å². The van der Waals surface area contributed by atoms with Crippen LogP contribution in [0.2, 0.25) is 0 Å². The van der Waals surface area contributed by atoms with E-state index in [9.17, 15) is 28.8 Å². The lowest BCUT2D eigenvalue weighted by molar-refractivity contribution is -0.333. The minimum absolute atomic E-state index is 0.0139. The van der Waals surface area contributed by atoms with Gasteiger partial charge in [0.05, 0.1) is 6.42 Å². The van der Waals surface area contributed by atoms with E-state index in [0.29, 0.717) is 19.3 Å². The van der Waals surface area contributed by atoms with Gasteiger partial charge in [0.1, 0.15) is 0 Å². The Hall–Kier alpha value is -2.98. The summed E-state index contributed by atoms with van der Waals surface area (Å²) in [5.41, 5.74) is 0. The Kier molecular flexibility index (Phi) is 17.6. The van der Waals surface area contributed by atoms with Crippen molar-refractivity contribution in [2.45, 2.75) is 130 Å². The summed E-state index contributed by atoms with van der Waals surface area (Å²) in [7, 11) is 0. The van der Waals surface area contributed by atoms with E-state index in [0.717, 1.165) is 12.8 Å². The van der Waals surface area contributed by atoms with Crippen LogP contribution in [0.5, 0.6) is 0 Å². The van der Waals surface area contributed by atoms with Gasteiger partial charge in [-0.15, -0.1) is 0 Å². The van der Waals surface area contributed by atoms with Crippen LogP contribution < -0.4 is 0 Å². The summed E-state index contributed by atoms with van der Waals surface area (Å²) in [4.78, 5) is 73.2. The molecule has 11 nitrogen and oxygen atoms in total. The molecule has 0 bridgehead atoms. The van der Waals surface area contributed by atoms with Gasteiger partial charge in [0.25, 0.3) is 0 Å². The van der Waals surface area contributed by atoms with Crippen LogP contribution in [0.25, 0.3) is 0 Å². The summed E-state index contributed by atoms with van der Waals surface area (Å²) < 4.78 is 25.9. The van der Waals surface area contributed by atoms with Gasteiger partial charge in [-0.3, -0.25) is 24.0 Å². The standard InChI is InChI=1S/C26H42O11/c1-6-11-12-17-22(29)34-25(32)19(33-20(27)9-4)16-13-18-26(35-21(28)10-5,36-23(30)14-7-2)37-24(31)15-8-3/h19H,6-18H2,1-5H3. The van der Waals surface area contributed by atoms with Gasteiger partial charge < -0.3 is 23.7 Å². The lowest BCUT2D eigenvalue weighted by atomic mass is 10.1. The maximum atomic E-state index is 12.6. The largest absolute Gasteiger partial charge is 0.450 e. The third kappa shape index (κ3) is 15.0. The summed E-state index contributed by atoms with van der Waals surface area (Å²) >= 11 is 0. The number of esters is 6. The molecule has 212 valence electrons. The van der Waals surface area contributed by atoms with Gasteiger partial charge in [0, 0.05) is 32.1 Å². The van der Waals surface area contributed by atoms with Crippen LogP contribution in [0.3, 0.4) is 0 Å². The fourth-order valence-corrected chi connectivity index (χ4v) is 3.04. The minimum atomic E-state index is -2.34.